The van der Waals surface area contributed by atoms with Crippen molar-refractivity contribution in [1.29, 1.82) is 0 Å². The van der Waals surface area contributed by atoms with Crippen LogP contribution in [0.15, 0.2) is 24.3 Å². The summed E-state index contributed by atoms with van der Waals surface area (Å²) in [5.41, 5.74) is -0.479. The summed E-state index contributed by atoms with van der Waals surface area (Å²) >= 11 is 0. The second kappa shape index (κ2) is 7.98. The van der Waals surface area contributed by atoms with Gasteiger partial charge in [0.2, 0.25) is 11.8 Å². The molecular formula is C23H29N3O5. The Kier molecular flexibility index (Phi) is 5.49. The molecule has 1 saturated carbocycles. The Balaban J connectivity index is 1.45. The number of nitrogens with zero attached hydrogens (tertiary/aromatic N) is 2. The maximum Gasteiger partial charge on any atom is 0.331 e. The molecule has 31 heavy (non-hydrogen) atoms. The third kappa shape index (κ3) is 3.47. The zero-order valence-corrected chi connectivity index (χ0v) is 18.1. The fourth-order valence-corrected chi connectivity index (χ4v) is 5.32. The molecule has 1 atom stereocenters. The van der Waals surface area contributed by atoms with Gasteiger partial charge in [-0.1, -0.05) is 25.0 Å². The minimum Gasteiger partial charge on any atom is -0.467 e. The van der Waals surface area contributed by atoms with Crippen molar-refractivity contribution in [2.45, 2.75) is 69.5 Å². The molecule has 0 spiro atoms. The van der Waals surface area contributed by atoms with Gasteiger partial charge in [-0.25, -0.2) is 4.79 Å². The predicted octanol–water partition coefficient (Wildman–Crippen LogP) is 2.37. The van der Waals surface area contributed by atoms with Gasteiger partial charge in [0.05, 0.1) is 18.4 Å². The molecule has 2 fully saturated rings. The molecule has 2 aliphatic heterocycles. The molecular weight excluding hydrogens is 398 g/mol. The van der Waals surface area contributed by atoms with Crippen molar-refractivity contribution in [3.63, 3.8) is 0 Å². The van der Waals surface area contributed by atoms with Gasteiger partial charge in [0.25, 0.3) is 5.91 Å². The Hall–Kier alpha value is -2.90. The van der Waals surface area contributed by atoms with Crippen LogP contribution in [0.25, 0.3) is 0 Å². The summed E-state index contributed by atoms with van der Waals surface area (Å²) in [5.74, 6) is -0.729. The first-order valence-corrected chi connectivity index (χ1v) is 11.0. The first-order chi connectivity index (χ1) is 14.8. The largest absolute Gasteiger partial charge is 0.467 e. The lowest BCUT2D eigenvalue weighted by molar-refractivity contribution is -0.150. The molecule has 1 aliphatic carbocycles. The number of methoxy groups -OCH3 is 1. The number of hydrogen-bond donors (Lipinski definition) is 1. The predicted molar refractivity (Wildman–Crippen MR) is 113 cm³/mol. The lowest BCUT2D eigenvalue weighted by Gasteiger charge is -2.48. The SMILES string of the molecule is COC(=O)C1(NC(=O)CCCN2C(=O)c3ccccc3N3C(=O)CCC23C)CCCC1. The van der Waals surface area contributed by atoms with Gasteiger partial charge in [0.1, 0.15) is 11.2 Å². The molecule has 4 rings (SSSR count). The van der Waals surface area contributed by atoms with Gasteiger partial charge in [-0.2, -0.15) is 0 Å². The summed E-state index contributed by atoms with van der Waals surface area (Å²) < 4.78 is 4.91. The zero-order valence-electron chi connectivity index (χ0n) is 18.1. The van der Waals surface area contributed by atoms with Crippen LogP contribution in [-0.4, -0.2) is 53.4 Å². The summed E-state index contributed by atoms with van der Waals surface area (Å²) in [6.07, 6.45) is 4.49. The Morgan fingerprint density at radius 3 is 2.55 bits per heavy atom. The third-order valence-corrected chi connectivity index (χ3v) is 6.94. The summed E-state index contributed by atoms with van der Waals surface area (Å²) in [5, 5.41) is 2.89. The monoisotopic (exact) mass is 427 g/mol. The number of para-hydroxylation sites is 1. The molecule has 1 saturated heterocycles. The summed E-state index contributed by atoms with van der Waals surface area (Å²) in [4.78, 5) is 54.1. The van der Waals surface area contributed by atoms with Crippen LogP contribution < -0.4 is 10.2 Å². The van der Waals surface area contributed by atoms with Crippen molar-refractivity contribution in [2.75, 3.05) is 18.6 Å². The molecule has 0 aromatic heterocycles. The standard InChI is InChI=1S/C23H29N3O5/c1-22-14-11-19(28)26(22)17-9-4-3-8-16(17)20(29)25(22)15-7-10-18(27)24-23(21(30)31-2)12-5-6-13-23/h3-4,8-9H,5-7,10-15H2,1-2H3,(H,24,27). The van der Waals surface area contributed by atoms with Crippen molar-refractivity contribution in [2.24, 2.45) is 0 Å². The number of fused-ring (bicyclic) bond motifs is 3. The number of amides is 3. The van der Waals surface area contributed by atoms with Crippen LogP contribution in [0, 0.1) is 0 Å². The lowest BCUT2D eigenvalue weighted by Crippen LogP contribution is -2.62. The van der Waals surface area contributed by atoms with E-state index in [0.29, 0.717) is 49.9 Å². The molecule has 0 bridgehead atoms. The number of benzene rings is 1. The van der Waals surface area contributed by atoms with Crippen LogP contribution in [0.5, 0.6) is 0 Å². The van der Waals surface area contributed by atoms with E-state index in [9.17, 15) is 19.2 Å². The van der Waals surface area contributed by atoms with Crippen molar-refractivity contribution in [1.82, 2.24) is 10.2 Å². The quantitative estimate of drug-likeness (QED) is 0.703. The fraction of sp³-hybridized carbons (Fsp3) is 0.565. The number of carbonyl (C=O) groups excluding carboxylic acids is 4. The Bertz CT molecular complexity index is 924. The highest BCUT2D eigenvalue weighted by molar-refractivity contribution is 6.10. The number of ether oxygens (including phenoxy) is 1. The summed E-state index contributed by atoms with van der Waals surface area (Å²) in [6.45, 7) is 2.27. The summed E-state index contributed by atoms with van der Waals surface area (Å²) in [7, 11) is 1.34. The van der Waals surface area contributed by atoms with E-state index in [-0.39, 0.29) is 24.1 Å². The lowest BCUT2D eigenvalue weighted by atomic mass is 9.96. The number of rotatable bonds is 6. The molecule has 8 heteroatoms. The number of hydrogen-bond acceptors (Lipinski definition) is 5. The molecule has 1 aromatic carbocycles. The van der Waals surface area contributed by atoms with Gasteiger partial charge in [-0.05, 0) is 44.7 Å². The molecule has 8 nitrogen and oxygen atoms in total. The van der Waals surface area contributed by atoms with Crippen LogP contribution in [0.2, 0.25) is 0 Å². The van der Waals surface area contributed by atoms with Crippen LogP contribution in [0.3, 0.4) is 0 Å². The van der Waals surface area contributed by atoms with Crippen LogP contribution in [0.1, 0.15) is 68.6 Å². The van der Waals surface area contributed by atoms with Crippen molar-refractivity contribution < 1.29 is 23.9 Å². The first-order valence-electron chi connectivity index (χ1n) is 11.0. The molecule has 0 radical (unpaired) electrons. The molecule has 1 unspecified atom stereocenters. The highest BCUT2D eigenvalue weighted by atomic mass is 16.5. The highest BCUT2D eigenvalue weighted by Crippen LogP contribution is 2.44. The minimum atomic E-state index is -0.924. The number of esters is 1. The maximum atomic E-state index is 13.2. The summed E-state index contributed by atoms with van der Waals surface area (Å²) in [6, 6.07) is 7.17. The first kappa shape index (κ1) is 21.3. The van der Waals surface area contributed by atoms with Gasteiger partial charge in [0, 0.05) is 19.4 Å². The minimum absolute atomic E-state index is 0.00597. The molecule has 166 valence electrons. The second-order valence-corrected chi connectivity index (χ2v) is 8.85. The smallest absolute Gasteiger partial charge is 0.331 e. The highest BCUT2D eigenvalue weighted by Gasteiger charge is 2.52. The molecule has 1 aromatic rings. The van der Waals surface area contributed by atoms with E-state index in [4.69, 9.17) is 4.74 Å². The number of carbonyl (C=O) groups is 4. The van der Waals surface area contributed by atoms with Crippen LogP contribution >= 0.6 is 0 Å². The van der Waals surface area contributed by atoms with E-state index in [2.05, 4.69) is 5.32 Å². The molecule has 3 amide bonds. The van der Waals surface area contributed by atoms with Gasteiger partial charge in [-0.3, -0.25) is 19.3 Å². The van der Waals surface area contributed by atoms with Gasteiger partial charge < -0.3 is 15.0 Å². The van der Waals surface area contributed by atoms with E-state index < -0.39 is 17.2 Å². The molecule has 2 heterocycles. The average molecular weight is 428 g/mol. The third-order valence-electron chi connectivity index (χ3n) is 6.94. The number of anilines is 1. The van der Waals surface area contributed by atoms with E-state index in [1.54, 1.807) is 21.9 Å². The Labute approximate surface area is 181 Å². The topological polar surface area (TPSA) is 96.0 Å². The van der Waals surface area contributed by atoms with Gasteiger partial charge in [0.15, 0.2) is 0 Å². The normalized spacial score (nSPS) is 24.1. The number of nitrogens with one attached hydrogen (secondary N) is 1. The van der Waals surface area contributed by atoms with E-state index >= 15 is 0 Å². The van der Waals surface area contributed by atoms with Crippen LogP contribution in [0.4, 0.5) is 5.69 Å². The Morgan fingerprint density at radius 2 is 1.84 bits per heavy atom. The van der Waals surface area contributed by atoms with E-state index in [0.717, 1.165) is 12.8 Å². The Morgan fingerprint density at radius 1 is 1.13 bits per heavy atom. The fourth-order valence-electron chi connectivity index (χ4n) is 5.32. The second-order valence-electron chi connectivity index (χ2n) is 8.85. The average Bonchev–Trinajstić information content (AvgIpc) is 3.35. The van der Waals surface area contributed by atoms with Gasteiger partial charge in [-0.15, -0.1) is 0 Å². The molecule has 1 N–H and O–H groups in total. The van der Waals surface area contributed by atoms with Crippen molar-refractivity contribution in [3.8, 4) is 0 Å². The van der Waals surface area contributed by atoms with E-state index in [1.807, 2.05) is 19.1 Å². The van der Waals surface area contributed by atoms with Crippen molar-refractivity contribution in [3.05, 3.63) is 29.8 Å². The van der Waals surface area contributed by atoms with Gasteiger partial charge >= 0.3 is 5.97 Å². The van der Waals surface area contributed by atoms with Crippen LogP contribution in [-0.2, 0) is 19.1 Å². The zero-order chi connectivity index (χ0) is 22.2. The van der Waals surface area contributed by atoms with Crippen molar-refractivity contribution >= 4 is 29.4 Å². The molecule has 3 aliphatic rings. The maximum absolute atomic E-state index is 13.2. The van der Waals surface area contributed by atoms with E-state index in [1.165, 1.54) is 7.11 Å².